The van der Waals surface area contributed by atoms with Crippen LogP contribution in [0.15, 0.2) is 24.3 Å². The molecule has 0 atom stereocenters. The molecule has 1 aromatic carbocycles. The third-order valence-electron chi connectivity index (χ3n) is 3.19. The third kappa shape index (κ3) is 3.53. The average Bonchev–Trinajstić information content (AvgIpc) is 2.20. The number of hydrogen-bond donors (Lipinski definition) is 1. The molecule has 88 valence electrons. The minimum Gasteiger partial charge on any atom is -0.492 e. The van der Waals surface area contributed by atoms with Gasteiger partial charge in [0.05, 0.1) is 0 Å². The first-order valence-electron chi connectivity index (χ1n) is 6.25. The zero-order chi connectivity index (χ0) is 11.2. The first-order valence-corrected chi connectivity index (χ1v) is 6.25. The predicted octanol–water partition coefficient (Wildman–Crippen LogP) is 2.76. The van der Waals surface area contributed by atoms with Gasteiger partial charge >= 0.3 is 0 Å². The second kappa shape index (κ2) is 5.90. The van der Waals surface area contributed by atoms with Crippen LogP contribution >= 0.6 is 0 Å². The van der Waals surface area contributed by atoms with E-state index in [9.17, 15) is 0 Å². The molecule has 0 aromatic heterocycles. The van der Waals surface area contributed by atoms with Crippen LogP contribution in [0.3, 0.4) is 0 Å². The Hall–Kier alpha value is -1.02. The quantitative estimate of drug-likeness (QED) is 0.743. The van der Waals surface area contributed by atoms with Crippen LogP contribution in [-0.2, 0) is 0 Å². The van der Waals surface area contributed by atoms with Crippen LogP contribution in [0.5, 0.6) is 5.75 Å². The van der Waals surface area contributed by atoms with Crippen molar-refractivity contribution in [2.24, 2.45) is 5.92 Å². The fraction of sp³-hybridized carbons (Fsp3) is 0.571. The molecule has 0 heterocycles. The van der Waals surface area contributed by atoms with Gasteiger partial charge in [-0.05, 0) is 49.9 Å². The van der Waals surface area contributed by atoms with Crippen molar-refractivity contribution in [1.29, 1.82) is 0 Å². The van der Waals surface area contributed by atoms with Crippen molar-refractivity contribution in [2.45, 2.75) is 26.2 Å². The van der Waals surface area contributed by atoms with E-state index < -0.39 is 0 Å². The number of rotatable bonds is 6. The number of benzene rings is 1. The van der Waals surface area contributed by atoms with Crippen LogP contribution in [0.1, 0.15) is 24.8 Å². The first kappa shape index (κ1) is 11.5. The summed E-state index contributed by atoms with van der Waals surface area (Å²) in [6, 6.07) is 8.21. The highest BCUT2D eigenvalue weighted by molar-refractivity contribution is 5.27. The van der Waals surface area contributed by atoms with E-state index in [0.29, 0.717) is 0 Å². The second-order valence-electron chi connectivity index (χ2n) is 4.67. The maximum Gasteiger partial charge on any atom is 0.119 e. The van der Waals surface area contributed by atoms with Gasteiger partial charge in [-0.25, -0.2) is 0 Å². The summed E-state index contributed by atoms with van der Waals surface area (Å²) in [5.41, 5.74) is 1.25. The van der Waals surface area contributed by atoms with Gasteiger partial charge in [0.1, 0.15) is 12.4 Å². The molecule has 0 spiro atoms. The van der Waals surface area contributed by atoms with Gasteiger partial charge in [-0.1, -0.05) is 18.6 Å². The van der Waals surface area contributed by atoms with Crippen molar-refractivity contribution >= 4 is 0 Å². The van der Waals surface area contributed by atoms with E-state index in [1.165, 1.54) is 24.8 Å². The smallest absolute Gasteiger partial charge is 0.119 e. The molecule has 16 heavy (non-hydrogen) atoms. The van der Waals surface area contributed by atoms with Gasteiger partial charge in [0.2, 0.25) is 0 Å². The third-order valence-corrected chi connectivity index (χ3v) is 3.19. The molecular formula is C14H21NO. The van der Waals surface area contributed by atoms with E-state index in [1.807, 2.05) is 12.1 Å². The van der Waals surface area contributed by atoms with Crippen molar-refractivity contribution < 1.29 is 4.74 Å². The molecule has 1 aliphatic rings. The predicted molar refractivity (Wildman–Crippen MR) is 66.9 cm³/mol. The highest BCUT2D eigenvalue weighted by atomic mass is 16.5. The normalized spacial score (nSPS) is 15.8. The van der Waals surface area contributed by atoms with Crippen LogP contribution in [0.25, 0.3) is 0 Å². The zero-order valence-corrected chi connectivity index (χ0v) is 10.0. The Morgan fingerprint density at radius 3 is 2.94 bits per heavy atom. The van der Waals surface area contributed by atoms with Crippen molar-refractivity contribution in [3.05, 3.63) is 29.8 Å². The average molecular weight is 219 g/mol. The molecule has 0 amide bonds. The molecule has 0 saturated heterocycles. The van der Waals surface area contributed by atoms with Gasteiger partial charge in [-0.2, -0.15) is 0 Å². The summed E-state index contributed by atoms with van der Waals surface area (Å²) >= 11 is 0. The summed E-state index contributed by atoms with van der Waals surface area (Å²) in [5.74, 6) is 1.91. The van der Waals surface area contributed by atoms with Crippen LogP contribution in [0.2, 0.25) is 0 Å². The zero-order valence-electron chi connectivity index (χ0n) is 10.0. The van der Waals surface area contributed by atoms with E-state index >= 15 is 0 Å². The monoisotopic (exact) mass is 219 g/mol. The molecule has 0 unspecified atom stereocenters. The summed E-state index contributed by atoms with van der Waals surface area (Å²) in [4.78, 5) is 0. The van der Waals surface area contributed by atoms with Crippen LogP contribution in [0.4, 0.5) is 0 Å². The lowest BCUT2D eigenvalue weighted by atomic mass is 9.85. The van der Waals surface area contributed by atoms with Gasteiger partial charge in [0.25, 0.3) is 0 Å². The van der Waals surface area contributed by atoms with E-state index in [2.05, 4.69) is 24.4 Å². The molecule has 0 radical (unpaired) electrons. The molecule has 1 aliphatic carbocycles. The van der Waals surface area contributed by atoms with Crippen molar-refractivity contribution in [3.63, 3.8) is 0 Å². The van der Waals surface area contributed by atoms with Crippen LogP contribution in [-0.4, -0.2) is 19.7 Å². The second-order valence-corrected chi connectivity index (χ2v) is 4.67. The molecular weight excluding hydrogens is 198 g/mol. The van der Waals surface area contributed by atoms with Crippen molar-refractivity contribution in [2.75, 3.05) is 19.7 Å². The SMILES string of the molecule is Cc1cccc(OCCNCC2CCC2)c1. The summed E-state index contributed by atoms with van der Waals surface area (Å²) in [5, 5.41) is 3.45. The van der Waals surface area contributed by atoms with Gasteiger partial charge in [0, 0.05) is 6.54 Å². The molecule has 1 saturated carbocycles. The number of nitrogens with one attached hydrogen (secondary N) is 1. The van der Waals surface area contributed by atoms with E-state index in [0.717, 1.165) is 31.4 Å². The molecule has 2 rings (SSSR count). The van der Waals surface area contributed by atoms with Crippen molar-refractivity contribution in [1.82, 2.24) is 5.32 Å². The topological polar surface area (TPSA) is 21.3 Å². The van der Waals surface area contributed by atoms with E-state index in [1.54, 1.807) is 0 Å². The minimum atomic E-state index is 0.760. The Morgan fingerprint density at radius 2 is 2.25 bits per heavy atom. The molecule has 0 aliphatic heterocycles. The standard InChI is InChI=1S/C14H21NO/c1-12-4-2-7-14(10-12)16-9-8-15-11-13-5-3-6-13/h2,4,7,10,13,15H,3,5-6,8-9,11H2,1H3. The van der Waals surface area contributed by atoms with Gasteiger partial charge < -0.3 is 10.1 Å². The molecule has 0 bridgehead atoms. The Labute approximate surface area is 98.0 Å². The maximum atomic E-state index is 5.66. The molecule has 1 aromatic rings. The number of aryl methyl sites for hydroxylation is 1. The molecule has 2 nitrogen and oxygen atoms in total. The molecule has 1 fully saturated rings. The summed E-state index contributed by atoms with van der Waals surface area (Å²) in [6.07, 6.45) is 4.24. The van der Waals surface area contributed by atoms with Gasteiger partial charge in [-0.3, -0.25) is 0 Å². The highest BCUT2D eigenvalue weighted by Gasteiger charge is 2.15. The van der Waals surface area contributed by atoms with E-state index in [4.69, 9.17) is 4.74 Å². The Balaban J connectivity index is 1.56. The van der Waals surface area contributed by atoms with Gasteiger partial charge in [-0.15, -0.1) is 0 Å². The Bertz CT molecular complexity index is 320. The van der Waals surface area contributed by atoms with Crippen LogP contribution < -0.4 is 10.1 Å². The maximum absolute atomic E-state index is 5.66. The van der Waals surface area contributed by atoms with Crippen LogP contribution in [0, 0.1) is 12.8 Å². The lowest BCUT2D eigenvalue weighted by molar-refractivity contribution is 0.276. The Kier molecular flexibility index (Phi) is 4.23. The first-order chi connectivity index (χ1) is 7.84. The Morgan fingerprint density at radius 1 is 1.38 bits per heavy atom. The summed E-state index contributed by atoms with van der Waals surface area (Å²) < 4.78 is 5.66. The molecule has 2 heteroatoms. The fourth-order valence-corrected chi connectivity index (χ4v) is 1.95. The minimum absolute atomic E-state index is 0.760. The highest BCUT2D eigenvalue weighted by Crippen LogP contribution is 2.24. The fourth-order valence-electron chi connectivity index (χ4n) is 1.95. The molecule has 1 N–H and O–H groups in total. The summed E-state index contributed by atoms with van der Waals surface area (Å²) in [7, 11) is 0. The lowest BCUT2D eigenvalue weighted by Crippen LogP contribution is -2.30. The lowest BCUT2D eigenvalue weighted by Gasteiger charge is -2.25. The number of hydrogen-bond acceptors (Lipinski definition) is 2. The van der Waals surface area contributed by atoms with Gasteiger partial charge in [0.15, 0.2) is 0 Å². The number of ether oxygens (including phenoxy) is 1. The van der Waals surface area contributed by atoms with Crippen molar-refractivity contribution in [3.8, 4) is 5.75 Å². The summed E-state index contributed by atoms with van der Waals surface area (Å²) in [6.45, 7) is 4.96. The van der Waals surface area contributed by atoms with E-state index in [-0.39, 0.29) is 0 Å². The largest absolute Gasteiger partial charge is 0.492 e.